The van der Waals surface area contributed by atoms with Gasteiger partial charge in [0, 0.05) is 12.5 Å². The molecule has 0 aliphatic heterocycles. The van der Waals surface area contributed by atoms with Crippen molar-refractivity contribution in [1.29, 1.82) is 0 Å². The van der Waals surface area contributed by atoms with Gasteiger partial charge in [-0.15, -0.1) is 0 Å². The first-order valence-electron chi connectivity index (χ1n) is 4.15. The topological polar surface area (TPSA) is 20.2 Å². The third-order valence-electron chi connectivity index (χ3n) is 1.97. The first-order valence-corrected chi connectivity index (χ1v) is 4.15. The second kappa shape index (κ2) is 3.32. The lowest BCUT2D eigenvalue weighted by Crippen LogP contribution is -2.07. The van der Waals surface area contributed by atoms with Gasteiger partial charge in [-0.25, -0.2) is 8.78 Å². The molecule has 3 heteroatoms. The Morgan fingerprint density at radius 1 is 1.38 bits per heavy atom. The molecule has 72 valence electrons. The number of rotatable bonds is 2. The number of phenolic OH excluding ortho intramolecular Hbond substituents is 1. The molecule has 0 amide bonds. The van der Waals surface area contributed by atoms with Crippen LogP contribution in [0.25, 0.3) is 0 Å². The van der Waals surface area contributed by atoms with Crippen LogP contribution in [0, 0.1) is 0 Å². The summed E-state index contributed by atoms with van der Waals surface area (Å²) in [6.45, 7) is 2.66. The summed E-state index contributed by atoms with van der Waals surface area (Å²) < 4.78 is 25.6. The molecule has 0 heterocycles. The van der Waals surface area contributed by atoms with E-state index in [0.717, 1.165) is 6.92 Å². The molecule has 0 fully saturated rings. The van der Waals surface area contributed by atoms with Gasteiger partial charge in [-0.3, -0.25) is 0 Å². The van der Waals surface area contributed by atoms with Gasteiger partial charge in [-0.1, -0.05) is 6.92 Å². The molecule has 0 aromatic heterocycles. The fraction of sp³-hybridized carbons (Fsp3) is 0.400. The third-order valence-corrected chi connectivity index (χ3v) is 1.97. The van der Waals surface area contributed by atoms with Crippen molar-refractivity contribution in [3.8, 4) is 5.75 Å². The summed E-state index contributed by atoms with van der Waals surface area (Å²) in [6.07, 6.45) is 0.551. The summed E-state index contributed by atoms with van der Waals surface area (Å²) in [5.74, 6) is -2.76. The van der Waals surface area contributed by atoms with Gasteiger partial charge in [0.1, 0.15) is 5.75 Å². The van der Waals surface area contributed by atoms with Crippen molar-refractivity contribution in [2.75, 3.05) is 0 Å². The van der Waals surface area contributed by atoms with Crippen LogP contribution in [0.4, 0.5) is 8.78 Å². The standard InChI is InChI=1S/C10H12F2O/c1-3-7-6-8(10(2,11)12)4-5-9(7)13/h4-6,13H,3H2,1-2H3. The molecule has 1 nitrogen and oxygen atoms in total. The summed E-state index contributed by atoms with van der Waals surface area (Å²) >= 11 is 0. The molecule has 0 bridgehead atoms. The molecule has 0 spiro atoms. The maximum absolute atomic E-state index is 12.8. The molecule has 0 aliphatic rings. The van der Waals surface area contributed by atoms with Crippen LogP contribution in [0.15, 0.2) is 18.2 Å². The first-order chi connectivity index (χ1) is 5.95. The van der Waals surface area contributed by atoms with E-state index in [1.54, 1.807) is 0 Å². The minimum Gasteiger partial charge on any atom is -0.508 e. The van der Waals surface area contributed by atoms with Crippen LogP contribution in [0.1, 0.15) is 25.0 Å². The van der Waals surface area contributed by atoms with E-state index in [2.05, 4.69) is 0 Å². The van der Waals surface area contributed by atoms with Crippen LogP contribution in [-0.4, -0.2) is 5.11 Å². The van der Waals surface area contributed by atoms with Gasteiger partial charge in [-0.05, 0) is 30.2 Å². The van der Waals surface area contributed by atoms with Gasteiger partial charge in [-0.2, -0.15) is 0 Å². The van der Waals surface area contributed by atoms with Gasteiger partial charge in [0.25, 0.3) is 5.92 Å². The molecule has 0 aliphatic carbocycles. The molecular weight excluding hydrogens is 174 g/mol. The molecule has 0 unspecified atom stereocenters. The van der Waals surface area contributed by atoms with E-state index < -0.39 is 5.92 Å². The van der Waals surface area contributed by atoms with E-state index >= 15 is 0 Å². The minimum atomic E-state index is -2.84. The average Bonchev–Trinajstić information content (AvgIpc) is 2.03. The van der Waals surface area contributed by atoms with Crippen molar-refractivity contribution in [2.24, 2.45) is 0 Å². The van der Waals surface area contributed by atoms with Crippen molar-refractivity contribution >= 4 is 0 Å². The highest BCUT2D eigenvalue weighted by atomic mass is 19.3. The molecule has 0 saturated heterocycles. The number of benzene rings is 1. The Hall–Kier alpha value is -1.12. The van der Waals surface area contributed by atoms with Crippen molar-refractivity contribution in [2.45, 2.75) is 26.2 Å². The van der Waals surface area contributed by atoms with Gasteiger partial charge < -0.3 is 5.11 Å². The molecular formula is C10H12F2O. The molecule has 1 aromatic carbocycles. The van der Waals surface area contributed by atoms with E-state index in [0.29, 0.717) is 12.0 Å². The van der Waals surface area contributed by atoms with Gasteiger partial charge in [0.15, 0.2) is 0 Å². The van der Waals surface area contributed by atoms with Crippen LogP contribution in [-0.2, 0) is 12.3 Å². The summed E-state index contributed by atoms with van der Waals surface area (Å²) in [6, 6.07) is 3.90. The Kier molecular flexibility index (Phi) is 2.55. The van der Waals surface area contributed by atoms with Crippen LogP contribution >= 0.6 is 0 Å². The molecule has 1 N–H and O–H groups in total. The fourth-order valence-corrected chi connectivity index (χ4v) is 1.14. The van der Waals surface area contributed by atoms with Crippen LogP contribution in [0.2, 0.25) is 0 Å². The van der Waals surface area contributed by atoms with Crippen molar-refractivity contribution in [3.63, 3.8) is 0 Å². The minimum absolute atomic E-state index is 0.0536. The molecule has 1 rings (SSSR count). The molecule has 0 radical (unpaired) electrons. The number of phenols is 1. The van der Waals surface area contributed by atoms with Crippen LogP contribution < -0.4 is 0 Å². The number of hydrogen-bond donors (Lipinski definition) is 1. The predicted molar refractivity (Wildman–Crippen MR) is 47.1 cm³/mol. The van der Waals surface area contributed by atoms with Crippen molar-refractivity contribution in [3.05, 3.63) is 29.3 Å². The Balaban J connectivity index is 3.14. The van der Waals surface area contributed by atoms with Gasteiger partial charge in [0.05, 0.1) is 0 Å². The highest BCUT2D eigenvalue weighted by Crippen LogP contribution is 2.30. The Labute approximate surface area is 76.0 Å². The average molecular weight is 186 g/mol. The zero-order valence-corrected chi connectivity index (χ0v) is 7.64. The number of alkyl halides is 2. The van der Waals surface area contributed by atoms with Gasteiger partial charge >= 0.3 is 0 Å². The third kappa shape index (κ3) is 2.17. The lowest BCUT2D eigenvalue weighted by atomic mass is 10.0. The molecule has 0 saturated carbocycles. The Bertz CT molecular complexity index is 302. The normalized spacial score (nSPS) is 11.7. The number of aryl methyl sites for hydroxylation is 1. The summed E-state index contributed by atoms with van der Waals surface area (Å²) in [4.78, 5) is 0. The number of hydrogen-bond acceptors (Lipinski definition) is 1. The summed E-state index contributed by atoms with van der Waals surface area (Å²) in [7, 11) is 0. The van der Waals surface area contributed by atoms with E-state index in [9.17, 15) is 13.9 Å². The largest absolute Gasteiger partial charge is 0.508 e. The summed E-state index contributed by atoms with van der Waals surface area (Å²) in [5, 5.41) is 9.26. The molecule has 0 atom stereocenters. The Morgan fingerprint density at radius 3 is 2.46 bits per heavy atom. The lowest BCUT2D eigenvalue weighted by molar-refractivity contribution is 0.0173. The van der Waals surface area contributed by atoms with Crippen LogP contribution in [0.5, 0.6) is 5.75 Å². The first kappa shape index (κ1) is 9.96. The smallest absolute Gasteiger partial charge is 0.270 e. The zero-order chi connectivity index (χ0) is 10.1. The van der Waals surface area contributed by atoms with Crippen molar-refractivity contribution in [1.82, 2.24) is 0 Å². The van der Waals surface area contributed by atoms with E-state index in [1.807, 2.05) is 6.92 Å². The number of aromatic hydroxyl groups is 1. The second-order valence-corrected chi connectivity index (χ2v) is 3.09. The van der Waals surface area contributed by atoms with Crippen LogP contribution in [0.3, 0.4) is 0 Å². The van der Waals surface area contributed by atoms with E-state index in [4.69, 9.17) is 0 Å². The highest BCUT2D eigenvalue weighted by molar-refractivity contribution is 5.37. The SMILES string of the molecule is CCc1cc(C(C)(F)F)ccc1O. The fourth-order valence-electron chi connectivity index (χ4n) is 1.14. The summed E-state index contributed by atoms with van der Waals surface area (Å²) in [5.41, 5.74) is 0.501. The maximum Gasteiger partial charge on any atom is 0.270 e. The quantitative estimate of drug-likeness (QED) is 0.752. The second-order valence-electron chi connectivity index (χ2n) is 3.09. The lowest BCUT2D eigenvalue weighted by Gasteiger charge is -2.12. The maximum atomic E-state index is 12.8. The predicted octanol–water partition coefficient (Wildman–Crippen LogP) is 3.07. The van der Waals surface area contributed by atoms with Gasteiger partial charge in [0.2, 0.25) is 0 Å². The Morgan fingerprint density at radius 2 is 2.00 bits per heavy atom. The molecule has 1 aromatic rings. The monoisotopic (exact) mass is 186 g/mol. The number of halogens is 2. The van der Waals surface area contributed by atoms with E-state index in [1.165, 1.54) is 18.2 Å². The molecule has 13 heavy (non-hydrogen) atoms. The zero-order valence-electron chi connectivity index (χ0n) is 7.64. The highest BCUT2D eigenvalue weighted by Gasteiger charge is 2.24. The van der Waals surface area contributed by atoms with E-state index in [-0.39, 0.29) is 11.3 Å². The van der Waals surface area contributed by atoms with Crippen molar-refractivity contribution < 1.29 is 13.9 Å².